The molecule has 3 nitrogen and oxygen atoms in total. The molecule has 0 N–H and O–H groups in total. The van der Waals surface area contributed by atoms with Crippen LogP contribution in [0, 0.1) is 0 Å². The van der Waals surface area contributed by atoms with Crippen LogP contribution in [0.5, 0.6) is 5.75 Å². The number of alkyl halides is 2. The van der Waals surface area contributed by atoms with E-state index in [1.807, 2.05) is 6.92 Å². The van der Waals surface area contributed by atoms with E-state index in [0.717, 1.165) is 12.5 Å². The Morgan fingerprint density at radius 1 is 1.35 bits per heavy atom. The number of benzene rings is 1. The lowest BCUT2D eigenvalue weighted by molar-refractivity contribution is -0.0499. The summed E-state index contributed by atoms with van der Waals surface area (Å²) >= 11 is 0. The molecule has 0 unspecified atom stereocenters. The number of unbranched alkanes of at least 4 members (excludes halogenated alkanes) is 1. The number of rotatable bonds is 6. The van der Waals surface area contributed by atoms with Gasteiger partial charge in [0.15, 0.2) is 9.84 Å². The van der Waals surface area contributed by atoms with Crippen molar-refractivity contribution in [3.8, 4) is 5.75 Å². The molecule has 0 heterocycles. The minimum Gasteiger partial charge on any atom is -0.435 e. The molecule has 0 atom stereocenters. The van der Waals surface area contributed by atoms with Crippen LogP contribution in [-0.4, -0.2) is 20.8 Å². The van der Waals surface area contributed by atoms with Crippen molar-refractivity contribution in [3.63, 3.8) is 0 Å². The molecule has 1 aromatic carbocycles. The Balaban J connectivity index is 2.91. The van der Waals surface area contributed by atoms with Crippen LogP contribution in [-0.2, 0) is 9.84 Å². The molecule has 1 rings (SSSR count). The molecule has 6 heteroatoms. The van der Waals surface area contributed by atoms with Crippen LogP contribution in [0.3, 0.4) is 0 Å². The Kier molecular flexibility index (Phi) is 4.86. The second-order valence-corrected chi connectivity index (χ2v) is 5.63. The first-order chi connectivity index (χ1) is 7.95. The minimum atomic E-state index is -3.41. The van der Waals surface area contributed by atoms with Gasteiger partial charge in [0.1, 0.15) is 5.75 Å². The van der Waals surface area contributed by atoms with Crippen molar-refractivity contribution in [1.29, 1.82) is 0 Å². The maximum Gasteiger partial charge on any atom is 0.387 e. The van der Waals surface area contributed by atoms with Gasteiger partial charge in [-0.25, -0.2) is 8.42 Å². The summed E-state index contributed by atoms with van der Waals surface area (Å²) in [6, 6.07) is 5.18. The summed E-state index contributed by atoms with van der Waals surface area (Å²) in [5.41, 5.74) is 0. The molecular weight excluding hydrogens is 250 g/mol. The van der Waals surface area contributed by atoms with Crippen molar-refractivity contribution >= 4 is 9.84 Å². The van der Waals surface area contributed by atoms with E-state index >= 15 is 0 Å². The Morgan fingerprint density at radius 3 is 2.65 bits per heavy atom. The third-order valence-electron chi connectivity index (χ3n) is 2.16. The quantitative estimate of drug-likeness (QED) is 0.793. The predicted molar refractivity (Wildman–Crippen MR) is 60.0 cm³/mol. The fourth-order valence-corrected chi connectivity index (χ4v) is 2.78. The lowest BCUT2D eigenvalue weighted by Gasteiger charge is -2.07. The van der Waals surface area contributed by atoms with E-state index in [2.05, 4.69) is 4.74 Å². The van der Waals surface area contributed by atoms with E-state index in [0.29, 0.717) is 6.42 Å². The van der Waals surface area contributed by atoms with Gasteiger partial charge in [0, 0.05) is 0 Å². The molecule has 0 aromatic heterocycles. The molecule has 0 radical (unpaired) electrons. The SMILES string of the molecule is CCCCS(=O)(=O)c1cccc(OC(F)F)c1. The summed E-state index contributed by atoms with van der Waals surface area (Å²) in [5, 5.41) is 0. The molecule has 0 saturated carbocycles. The van der Waals surface area contributed by atoms with Crippen LogP contribution in [0.25, 0.3) is 0 Å². The van der Waals surface area contributed by atoms with E-state index in [-0.39, 0.29) is 16.4 Å². The van der Waals surface area contributed by atoms with Gasteiger partial charge in [-0.2, -0.15) is 8.78 Å². The molecular formula is C11H14F2O3S. The summed E-state index contributed by atoms with van der Waals surface area (Å²) in [6.45, 7) is -1.07. The van der Waals surface area contributed by atoms with Crippen LogP contribution in [0.4, 0.5) is 8.78 Å². The normalized spacial score (nSPS) is 11.8. The van der Waals surface area contributed by atoms with E-state index < -0.39 is 16.4 Å². The topological polar surface area (TPSA) is 43.4 Å². The second kappa shape index (κ2) is 5.95. The molecule has 96 valence electrons. The number of halogens is 2. The van der Waals surface area contributed by atoms with Gasteiger partial charge in [0.05, 0.1) is 10.6 Å². The van der Waals surface area contributed by atoms with Gasteiger partial charge in [-0.05, 0) is 24.6 Å². The second-order valence-electron chi connectivity index (χ2n) is 3.53. The van der Waals surface area contributed by atoms with Gasteiger partial charge < -0.3 is 4.74 Å². The van der Waals surface area contributed by atoms with Crippen molar-refractivity contribution in [2.75, 3.05) is 5.75 Å². The molecule has 0 spiro atoms. The van der Waals surface area contributed by atoms with Crippen molar-refractivity contribution in [2.45, 2.75) is 31.3 Å². The zero-order valence-corrected chi connectivity index (χ0v) is 10.2. The standard InChI is InChI=1S/C11H14F2O3S/c1-2-3-7-17(14,15)10-6-4-5-9(8-10)16-11(12)13/h4-6,8,11H,2-3,7H2,1H3. The first-order valence-electron chi connectivity index (χ1n) is 5.23. The Labute approximate surface area is 99.3 Å². The highest BCUT2D eigenvalue weighted by Gasteiger charge is 2.15. The van der Waals surface area contributed by atoms with Crippen LogP contribution in [0.2, 0.25) is 0 Å². The highest BCUT2D eigenvalue weighted by atomic mass is 32.2. The first-order valence-corrected chi connectivity index (χ1v) is 6.88. The summed E-state index contributed by atoms with van der Waals surface area (Å²) in [4.78, 5) is 0.0177. The number of sulfone groups is 1. The van der Waals surface area contributed by atoms with Crippen molar-refractivity contribution in [1.82, 2.24) is 0 Å². The smallest absolute Gasteiger partial charge is 0.387 e. The van der Waals surface area contributed by atoms with E-state index in [9.17, 15) is 17.2 Å². The molecule has 0 aliphatic heterocycles. The Hall–Kier alpha value is -1.17. The minimum absolute atomic E-state index is 0.0155. The van der Waals surface area contributed by atoms with Gasteiger partial charge in [-0.3, -0.25) is 0 Å². The number of hydrogen-bond acceptors (Lipinski definition) is 3. The molecule has 0 saturated heterocycles. The molecule has 0 aliphatic carbocycles. The monoisotopic (exact) mass is 264 g/mol. The summed E-state index contributed by atoms with van der Waals surface area (Å²) < 4.78 is 51.7. The van der Waals surface area contributed by atoms with Gasteiger partial charge in [-0.1, -0.05) is 19.4 Å². The molecule has 0 fully saturated rings. The lowest BCUT2D eigenvalue weighted by Crippen LogP contribution is -2.08. The van der Waals surface area contributed by atoms with Crippen molar-refractivity contribution in [2.24, 2.45) is 0 Å². The third-order valence-corrected chi connectivity index (χ3v) is 3.95. The average molecular weight is 264 g/mol. The number of hydrogen-bond donors (Lipinski definition) is 0. The van der Waals surface area contributed by atoms with Gasteiger partial charge in [0.25, 0.3) is 0 Å². The van der Waals surface area contributed by atoms with Gasteiger partial charge >= 0.3 is 6.61 Å². The molecule has 0 aliphatic rings. The number of ether oxygens (including phenoxy) is 1. The summed E-state index contributed by atoms with van der Waals surface area (Å²) in [5.74, 6) is -0.126. The average Bonchev–Trinajstić information content (AvgIpc) is 2.26. The molecule has 1 aromatic rings. The highest BCUT2D eigenvalue weighted by molar-refractivity contribution is 7.91. The van der Waals surface area contributed by atoms with E-state index in [4.69, 9.17) is 0 Å². The Morgan fingerprint density at radius 2 is 2.06 bits per heavy atom. The fourth-order valence-electron chi connectivity index (χ4n) is 1.30. The van der Waals surface area contributed by atoms with Crippen LogP contribution >= 0.6 is 0 Å². The first kappa shape index (κ1) is 13.9. The zero-order valence-electron chi connectivity index (χ0n) is 9.40. The van der Waals surface area contributed by atoms with Crippen molar-refractivity contribution < 1.29 is 21.9 Å². The van der Waals surface area contributed by atoms with E-state index in [1.54, 1.807) is 0 Å². The summed E-state index contributed by atoms with van der Waals surface area (Å²) in [7, 11) is -3.41. The molecule has 17 heavy (non-hydrogen) atoms. The molecule has 0 amide bonds. The fraction of sp³-hybridized carbons (Fsp3) is 0.455. The Bertz CT molecular complexity index is 458. The molecule has 0 bridgehead atoms. The van der Waals surface area contributed by atoms with Gasteiger partial charge in [0.2, 0.25) is 0 Å². The van der Waals surface area contributed by atoms with Crippen LogP contribution in [0.15, 0.2) is 29.2 Å². The predicted octanol–water partition coefficient (Wildman–Crippen LogP) is 2.86. The maximum atomic E-state index is 12.0. The van der Waals surface area contributed by atoms with Gasteiger partial charge in [-0.15, -0.1) is 0 Å². The summed E-state index contributed by atoms with van der Waals surface area (Å²) in [6.07, 6.45) is 1.30. The maximum absolute atomic E-state index is 12.0. The third kappa shape index (κ3) is 4.30. The van der Waals surface area contributed by atoms with E-state index in [1.165, 1.54) is 18.2 Å². The zero-order chi connectivity index (χ0) is 12.9. The lowest BCUT2D eigenvalue weighted by atomic mass is 10.3. The largest absolute Gasteiger partial charge is 0.435 e. The van der Waals surface area contributed by atoms with Crippen LogP contribution < -0.4 is 4.74 Å². The van der Waals surface area contributed by atoms with Crippen LogP contribution in [0.1, 0.15) is 19.8 Å². The highest BCUT2D eigenvalue weighted by Crippen LogP contribution is 2.20. The van der Waals surface area contributed by atoms with Crippen molar-refractivity contribution in [3.05, 3.63) is 24.3 Å².